The molecule has 1 aromatic heterocycles. The minimum absolute atomic E-state index is 0.00475. The van der Waals surface area contributed by atoms with Crippen LogP contribution < -0.4 is 10.2 Å². The van der Waals surface area contributed by atoms with Crippen molar-refractivity contribution in [2.45, 2.75) is 20.8 Å². The van der Waals surface area contributed by atoms with Crippen LogP contribution in [-0.4, -0.2) is 21.5 Å². The first-order valence-corrected chi connectivity index (χ1v) is 10.9. The minimum Gasteiger partial charge on any atom is -0.318 e. The van der Waals surface area contributed by atoms with Crippen LogP contribution in [0.4, 0.5) is 5.69 Å². The summed E-state index contributed by atoms with van der Waals surface area (Å²) in [5.74, 6) is -1.07. The number of thiocarbonyl (C=S) groups is 1. The SMILES string of the molecule is Cc1ccc(N2C(=O)C(=Cc3cc(C)n(-c4ccc(C#N)cc4)c3C)C(=O)NC2=S)cc1Cl. The van der Waals surface area contributed by atoms with Gasteiger partial charge in [-0.3, -0.25) is 19.8 Å². The quantitative estimate of drug-likeness (QED) is 0.337. The van der Waals surface area contributed by atoms with Crippen molar-refractivity contribution in [1.82, 2.24) is 9.88 Å². The summed E-state index contributed by atoms with van der Waals surface area (Å²) in [6, 6.07) is 16.4. The summed E-state index contributed by atoms with van der Waals surface area (Å²) in [4.78, 5) is 27.3. The fraction of sp³-hybridized carbons (Fsp3) is 0.120. The number of rotatable bonds is 3. The molecule has 1 aliphatic heterocycles. The Labute approximate surface area is 201 Å². The van der Waals surface area contributed by atoms with Crippen molar-refractivity contribution in [2.24, 2.45) is 0 Å². The van der Waals surface area contributed by atoms with E-state index in [1.165, 1.54) is 4.90 Å². The van der Waals surface area contributed by atoms with Crippen LogP contribution in [0, 0.1) is 32.1 Å². The van der Waals surface area contributed by atoms with Crippen LogP contribution in [0.1, 0.15) is 28.1 Å². The zero-order valence-electron chi connectivity index (χ0n) is 18.1. The highest BCUT2D eigenvalue weighted by atomic mass is 35.5. The van der Waals surface area contributed by atoms with Crippen LogP contribution in [0.15, 0.2) is 54.1 Å². The van der Waals surface area contributed by atoms with Gasteiger partial charge in [-0.25, -0.2) is 0 Å². The first-order chi connectivity index (χ1) is 15.7. The van der Waals surface area contributed by atoms with Crippen molar-refractivity contribution < 1.29 is 9.59 Å². The highest BCUT2D eigenvalue weighted by molar-refractivity contribution is 7.80. The molecule has 6 nitrogen and oxygen atoms in total. The molecule has 1 N–H and O–H groups in total. The molecule has 1 saturated heterocycles. The third-order valence-electron chi connectivity index (χ3n) is 5.54. The Bertz CT molecular complexity index is 1400. The third-order valence-corrected chi connectivity index (χ3v) is 6.23. The van der Waals surface area contributed by atoms with Gasteiger partial charge in [-0.2, -0.15) is 5.26 Å². The van der Waals surface area contributed by atoms with Gasteiger partial charge in [-0.15, -0.1) is 0 Å². The van der Waals surface area contributed by atoms with E-state index in [4.69, 9.17) is 29.1 Å². The van der Waals surface area contributed by atoms with Gasteiger partial charge in [-0.1, -0.05) is 17.7 Å². The number of amides is 2. The highest BCUT2D eigenvalue weighted by Gasteiger charge is 2.35. The van der Waals surface area contributed by atoms with E-state index >= 15 is 0 Å². The molecule has 4 rings (SSSR count). The molecule has 0 aliphatic carbocycles. The van der Waals surface area contributed by atoms with E-state index in [0.717, 1.165) is 28.2 Å². The first kappa shape index (κ1) is 22.5. The van der Waals surface area contributed by atoms with Crippen molar-refractivity contribution in [2.75, 3.05) is 4.90 Å². The zero-order valence-corrected chi connectivity index (χ0v) is 19.7. The lowest BCUT2D eigenvalue weighted by molar-refractivity contribution is -0.122. The number of carbonyl (C=O) groups is 2. The molecule has 0 saturated carbocycles. The molecular weight excluding hydrogens is 456 g/mol. The number of nitrogens with zero attached hydrogens (tertiary/aromatic N) is 3. The van der Waals surface area contributed by atoms with Gasteiger partial charge in [0.25, 0.3) is 11.8 Å². The molecule has 8 heteroatoms. The van der Waals surface area contributed by atoms with Gasteiger partial charge in [-0.05, 0) is 92.7 Å². The summed E-state index contributed by atoms with van der Waals surface area (Å²) < 4.78 is 2.00. The van der Waals surface area contributed by atoms with Gasteiger partial charge in [0, 0.05) is 22.1 Å². The smallest absolute Gasteiger partial charge is 0.270 e. The molecule has 2 aromatic carbocycles. The monoisotopic (exact) mass is 474 g/mol. The molecule has 3 aromatic rings. The number of hydrogen-bond acceptors (Lipinski definition) is 4. The van der Waals surface area contributed by atoms with Crippen molar-refractivity contribution in [3.8, 4) is 11.8 Å². The number of halogens is 1. The van der Waals surface area contributed by atoms with Gasteiger partial charge in [0.1, 0.15) is 5.57 Å². The van der Waals surface area contributed by atoms with E-state index < -0.39 is 11.8 Å². The number of hydrogen-bond donors (Lipinski definition) is 1. The van der Waals surface area contributed by atoms with E-state index in [1.807, 2.05) is 43.5 Å². The molecule has 0 atom stereocenters. The van der Waals surface area contributed by atoms with Gasteiger partial charge < -0.3 is 4.57 Å². The molecule has 0 spiro atoms. The molecular formula is C25H19ClN4O2S. The zero-order chi connectivity index (χ0) is 23.9. The van der Waals surface area contributed by atoms with Crippen molar-refractivity contribution in [3.63, 3.8) is 0 Å². The van der Waals surface area contributed by atoms with E-state index in [-0.39, 0.29) is 10.7 Å². The maximum absolute atomic E-state index is 13.3. The van der Waals surface area contributed by atoms with Crippen molar-refractivity contribution in [1.29, 1.82) is 5.26 Å². The van der Waals surface area contributed by atoms with Crippen LogP contribution in [0.25, 0.3) is 11.8 Å². The van der Waals surface area contributed by atoms with Crippen LogP contribution in [-0.2, 0) is 9.59 Å². The molecule has 0 bridgehead atoms. The third kappa shape index (κ3) is 4.07. The molecule has 0 unspecified atom stereocenters. The topological polar surface area (TPSA) is 78.1 Å². The number of anilines is 1. The maximum atomic E-state index is 13.3. The highest BCUT2D eigenvalue weighted by Crippen LogP contribution is 2.28. The molecule has 2 amide bonds. The summed E-state index contributed by atoms with van der Waals surface area (Å²) in [5, 5.41) is 12.1. The summed E-state index contributed by atoms with van der Waals surface area (Å²) in [5.41, 5.74) is 5.27. The van der Waals surface area contributed by atoms with Gasteiger partial charge in [0.15, 0.2) is 5.11 Å². The summed E-state index contributed by atoms with van der Waals surface area (Å²) in [7, 11) is 0. The number of aryl methyl sites for hydroxylation is 2. The minimum atomic E-state index is -0.553. The summed E-state index contributed by atoms with van der Waals surface area (Å²) in [6.07, 6.45) is 1.57. The number of nitriles is 1. The number of nitrogens with one attached hydrogen (secondary N) is 1. The van der Waals surface area contributed by atoms with Crippen molar-refractivity contribution >= 4 is 52.5 Å². The van der Waals surface area contributed by atoms with E-state index in [9.17, 15) is 9.59 Å². The Morgan fingerprint density at radius 3 is 2.33 bits per heavy atom. The van der Waals surface area contributed by atoms with Gasteiger partial charge in [0.2, 0.25) is 0 Å². The number of carbonyl (C=O) groups excluding carboxylic acids is 2. The van der Waals surface area contributed by atoms with Gasteiger partial charge in [0.05, 0.1) is 17.3 Å². The number of aromatic nitrogens is 1. The van der Waals surface area contributed by atoms with Crippen LogP contribution in [0.2, 0.25) is 5.02 Å². The second-order valence-electron chi connectivity index (χ2n) is 7.71. The van der Waals surface area contributed by atoms with E-state index in [1.54, 1.807) is 36.4 Å². The molecule has 1 fully saturated rings. The average Bonchev–Trinajstić information content (AvgIpc) is 3.06. The fourth-order valence-corrected chi connectivity index (χ4v) is 4.24. The Morgan fingerprint density at radius 1 is 1.03 bits per heavy atom. The normalized spacial score (nSPS) is 15.1. The van der Waals surface area contributed by atoms with Gasteiger partial charge >= 0.3 is 0 Å². The first-order valence-electron chi connectivity index (χ1n) is 10.1. The molecule has 33 heavy (non-hydrogen) atoms. The predicted octanol–water partition coefficient (Wildman–Crippen LogP) is 4.76. The summed E-state index contributed by atoms with van der Waals surface area (Å²) in [6.45, 7) is 5.70. The van der Waals surface area contributed by atoms with Crippen LogP contribution >= 0.6 is 23.8 Å². The lowest BCUT2D eigenvalue weighted by Gasteiger charge is -2.29. The largest absolute Gasteiger partial charge is 0.318 e. The van der Waals surface area contributed by atoms with E-state index in [2.05, 4.69) is 11.4 Å². The maximum Gasteiger partial charge on any atom is 0.270 e. The standard InChI is InChI=1S/C25H19ClN4O2S/c1-14-4-7-20(12-22(14)26)30-24(32)21(23(31)28-25(30)33)11-18-10-15(2)29(16(18)3)19-8-5-17(13-27)6-9-19/h4-12H,1-3H3,(H,28,31,33). The number of benzene rings is 2. The fourth-order valence-electron chi connectivity index (χ4n) is 3.78. The molecule has 164 valence electrons. The second kappa shape index (κ2) is 8.66. The van der Waals surface area contributed by atoms with E-state index in [0.29, 0.717) is 16.3 Å². The van der Waals surface area contributed by atoms with Crippen molar-refractivity contribution in [3.05, 3.63) is 87.2 Å². The lowest BCUT2D eigenvalue weighted by Crippen LogP contribution is -2.54. The Kier molecular flexibility index (Phi) is 5.90. The predicted molar refractivity (Wildman–Crippen MR) is 132 cm³/mol. The average molecular weight is 475 g/mol. The Morgan fingerprint density at radius 2 is 1.70 bits per heavy atom. The molecule has 1 aliphatic rings. The lowest BCUT2D eigenvalue weighted by atomic mass is 10.1. The summed E-state index contributed by atoms with van der Waals surface area (Å²) >= 11 is 11.5. The second-order valence-corrected chi connectivity index (χ2v) is 8.51. The Hall–Kier alpha value is -3.73. The van der Waals surface area contributed by atoms with Crippen LogP contribution in [0.3, 0.4) is 0 Å². The Balaban J connectivity index is 1.75. The molecule has 0 radical (unpaired) electrons. The van der Waals surface area contributed by atoms with Crippen LogP contribution in [0.5, 0.6) is 0 Å². The molecule has 2 heterocycles.